The second-order valence-electron chi connectivity index (χ2n) is 5.60. The highest BCUT2D eigenvalue weighted by atomic mass is 16.5. The van der Waals surface area contributed by atoms with E-state index in [9.17, 15) is 4.79 Å². The minimum absolute atomic E-state index is 0.165. The SMILES string of the molecule is COC(=O)C(C)(C)CN1CCNCc2ccccc21. The highest BCUT2D eigenvalue weighted by Gasteiger charge is 2.32. The number of anilines is 1. The Labute approximate surface area is 114 Å². The number of fused-ring (bicyclic) bond motifs is 1. The molecule has 1 N–H and O–H groups in total. The van der Waals surface area contributed by atoms with Crippen LogP contribution in [0.1, 0.15) is 19.4 Å². The summed E-state index contributed by atoms with van der Waals surface area (Å²) >= 11 is 0. The maximum absolute atomic E-state index is 11.8. The fourth-order valence-corrected chi connectivity index (χ4v) is 2.51. The van der Waals surface area contributed by atoms with Crippen molar-refractivity contribution in [2.45, 2.75) is 20.4 Å². The van der Waals surface area contributed by atoms with Gasteiger partial charge in [0.05, 0.1) is 12.5 Å². The Morgan fingerprint density at radius 1 is 1.42 bits per heavy atom. The highest BCUT2D eigenvalue weighted by molar-refractivity contribution is 5.76. The van der Waals surface area contributed by atoms with E-state index in [1.54, 1.807) is 0 Å². The summed E-state index contributed by atoms with van der Waals surface area (Å²) in [5.41, 5.74) is 1.98. The first-order chi connectivity index (χ1) is 9.04. The standard InChI is InChI=1S/C15H22N2O2/c1-15(2,14(18)19-3)11-17-9-8-16-10-12-6-4-5-7-13(12)17/h4-7,16H,8-11H2,1-3H3. The lowest BCUT2D eigenvalue weighted by Gasteiger charge is -2.32. The summed E-state index contributed by atoms with van der Waals surface area (Å²) in [7, 11) is 1.45. The molecule has 0 amide bonds. The number of methoxy groups -OCH3 is 1. The zero-order valence-electron chi connectivity index (χ0n) is 11.9. The van der Waals surface area contributed by atoms with E-state index in [1.807, 2.05) is 19.9 Å². The molecule has 4 nitrogen and oxygen atoms in total. The van der Waals surface area contributed by atoms with Gasteiger partial charge >= 0.3 is 5.97 Å². The number of rotatable bonds is 3. The van der Waals surface area contributed by atoms with Crippen LogP contribution in [0.15, 0.2) is 24.3 Å². The Hall–Kier alpha value is -1.55. The first kappa shape index (κ1) is 13.9. The molecule has 1 aliphatic heterocycles. The molecule has 1 aromatic carbocycles. The van der Waals surface area contributed by atoms with Crippen LogP contribution in [-0.4, -0.2) is 32.7 Å². The summed E-state index contributed by atoms with van der Waals surface area (Å²) in [4.78, 5) is 14.1. The van der Waals surface area contributed by atoms with Crippen LogP contribution in [0.4, 0.5) is 5.69 Å². The topological polar surface area (TPSA) is 41.6 Å². The molecule has 1 aromatic rings. The van der Waals surface area contributed by atoms with Crippen molar-refractivity contribution in [1.82, 2.24) is 5.32 Å². The van der Waals surface area contributed by atoms with Crippen molar-refractivity contribution >= 4 is 11.7 Å². The number of esters is 1. The Kier molecular flexibility index (Phi) is 4.10. The van der Waals surface area contributed by atoms with Crippen molar-refractivity contribution in [2.75, 3.05) is 31.6 Å². The van der Waals surface area contributed by atoms with Crippen LogP contribution in [0.5, 0.6) is 0 Å². The second kappa shape index (κ2) is 5.61. The van der Waals surface area contributed by atoms with Gasteiger partial charge in [-0.3, -0.25) is 4.79 Å². The first-order valence-electron chi connectivity index (χ1n) is 6.66. The fraction of sp³-hybridized carbons (Fsp3) is 0.533. The molecule has 0 aromatic heterocycles. The molecule has 0 aliphatic carbocycles. The molecule has 0 atom stereocenters. The predicted molar refractivity (Wildman–Crippen MR) is 76.2 cm³/mol. The number of benzene rings is 1. The van der Waals surface area contributed by atoms with Gasteiger partial charge in [-0.1, -0.05) is 18.2 Å². The lowest BCUT2D eigenvalue weighted by molar-refractivity contribution is -0.150. The number of carbonyl (C=O) groups excluding carboxylic acids is 1. The van der Waals surface area contributed by atoms with Gasteiger partial charge in [-0.2, -0.15) is 0 Å². The molecule has 0 unspecified atom stereocenters. The van der Waals surface area contributed by atoms with Gasteiger partial charge in [0.15, 0.2) is 0 Å². The Balaban J connectivity index is 2.23. The molecule has 0 radical (unpaired) electrons. The van der Waals surface area contributed by atoms with Crippen LogP contribution in [0.2, 0.25) is 0 Å². The van der Waals surface area contributed by atoms with E-state index in [1.165, 1.54) is 18.4 Å². The van der Waals surface area contributed by atoms with Crippen LogP contribution in [-0.2, 0) is 16.1 Å². The van der Waals surface area contributed by atoms with E-state index in [0.717, 1.165) is 19.6 Å². The number of ether oxygens (including phenoxy) is 1. The van der Waals surface area contributed by atoms with Gasteiger partial charge in [0.1, 0.15) is 0 Å². The molecule has 0 saturated carbocycles. The summed E-state index contributed by atoms with van der Waals surface area (Å²) in [6.45, 7) is 7.23. The Morgan fingerprint density at radius 3 is 2.89 bits per heavy atom. The van der Waals surface area contributed by atoms with Gasteiger partial charge in [0, 0.05) is 31.9 Å². The number of carbonyl (C=O) groups is 1. The lowest BCUT2D eigenvalue weighted by Crippen LogP contribution is -2.41. The Bertz CT molecular complexity index is 457. The number of hydrogen-bond donors (Lipinski definition) is 1. The van der Waals surface area contributed by atoms with Gasteiger partial charge < -0.3 is 15.0 Å². The number of hydrogen-bond acceptors (Lipinski definition) is 4. The first-order valence-corrected chi connectivity index (χ1v) is 6.66. The average molecular weight is 262 g/mol. The van der Waals surface area contributed by atoms with Gasteiger partial charge in [0.25, 0.3) is 0 Å². The van der Waals surface area contributed by atoms with E-state index < -0.39 is 5.41 Å². The van der Waals surface area contributed by atoms with Crippen molar-refractivity contribution in [2.24, 2.45) is 5.41 Å². The summed E-state index contributed by atoms with van der Waals surface area (Å²) in [5.74, 6) is -0.165. The lowest BCUT2D eigenvalue weighted by atomic mass is 9.92. The number of para-hydroxylation sites is 1. The minimum Gasteiger partial charge on any atom is -0.469 e. The van der Waals surface area contributed by atoms with Crippen LogP contribution < -0.4 is 10.2 Å². The fourth-order valence-electron chi connectivity index (χ4n) is 2.51. The number of nitrogens with zero attached hydrogens (tertiary/aromatic N) is 1. The summed E-state index contributed by atoms with van der Waals surface area (Å²) < 4.78 is 4.89. The maximum Gasteiger partial charge on any atom is 0.313 e. The zero-order valence-corrected chi connectivity index (χ0v) is 11.9. The third-order valence-electron chi connectivity index (χ3n) is 3.53. The summed E-state index contributed by atoms with van der Waals surface area (Å²) in [5, 5.41) is 3.40. The maximum atomic E-state index is 11.8. The average Bonchev–Trinajstić information content (AvgIpc) is 2.60. The smallest absolute Gasteiger partial charge is 0.313 e. The molecular weight excluding hydrogens is 240 g/mol. The third kappa shape index (κ3) is 3.07. The predicted octanol–water partition coefficient (Wildman–Crippen LogP) is 1.80. The molecule has 1 heterocycles. The van der Waals surface area contributed by atoms with Gasteiger partial charge in [0.2, 0.25) is 0 Å². The van der Waals surface area contributed by atoms with Crippen molar-refractivity contribution in [1.29, 1.82) is 0 Å². The summed E-state index contributed by atoms with van der Waals surface area (Å²) in [6.07, 6.45) is 0. The molecule has 0 spiro atoms. The van der Waals surface area contributed by atoms with Crippen LogP contribution in [0.25, 0.3) is 0 Å². The molecule has 2 rings (SSSR count). The van der Waals surface area contributed by atoms with E-state index in [2.05, 4.69) is 28.4 Å². The van der Waals surface area contributed by atoms with E-state index in [0.29, 0.717) is 6.54 Å². The van der Waals surface area contributed by atoms with Crippen molar-refractivity contribution in [3.63, 3.8) is 0 Å². The normalized spacial score (nSPS) is 15.6. The van der Waals surface area contributed by atoms with Crippen molar-refractivity contribution in [3.05, 3.63) is 29.8 Å². The van der Waals surface area contributed by atoms with Crippen molar-refractivity contribution in [3.8, 4) is 0 Å². The van der Waals surface area contributed by atoms with Gasteiger partial charge in [-0.15, -0.1) is 0 Å². The molecule has 0 bridgehead atoms. The van der Waals surface area contributed by atoms with E-state index in [4.69, 9.17) is 4.74 Å². The molecule has 19 heavy (non-hydrogen) atoms. The monoisotopic (exact) mass is 262 g/mol. The third-order valence-corrected chi connectivity index (χ3v) is 3.53. The van der Waals surface area contributed by atoms with Gasteiger partial charge in [-0.25, -0.2) is 0 Å². The molecule has 4 heteroatoms. The second-order valence-corrected chi connectivity index (χ2v) is 5.60. The molecular formula is C15H22N2O2. The molecule has 1 aliphatic rings. The Morgan fingerprint density at radius 2 is 2.16 bits per heavy atom. The van der Waals surface area contributed by atoms with Gasteiger partial charge in [-0.05, 0) is 25.5 Å². The van der Waals surface area contributed by atoms with Crippen LogP contribution >= 0.6 is 0 Å². The van der Waals surface area contributed by atoms with E-state index >= 15 is 0 Å². The highest BCUT2D eigenvalue weighted by Crippen LogP contribution is 2.27. The zero-order chi connectivity index (χ0) is 13.9. The van der Waals surface area contributed by atoms with Crippen LogP contribution in [0.3, 0.4) is 0 Å². The quantitative estimate of drug-likeness (QED) is 0.843. The summed E-state index contributed by atoms with van der Waals surface area (Å²) in [6, 6.07) is 8.35. The van der Waals surface area contributed by atoms with Crippen LogP contribution in [0, 0.1) is 5.41 Å². The van der Waals surface area contributed by atoms with Crippen molar-refractivity contribution < 1.29 is 9.53 Å². The molecule has 0 saturated heterocycles. The molecule has 104 valence electrons. The largest absolute Gasteiger partial charge is 0.469 e. The number of nitrogens with one attached hydrogen (secondary N) is 1. The minimum atomic E-state index is -0.508. The molecule has 0 fully saturated rings. The van der Waals surface area contributed by atoms with E-state index in [-0.39, 0.29) is 5.97 Å².